The summed E-state index contributed by atoms with van der Waals surface area (Å²) in [6, 6.07) is 3.98. The van der Waals surface area contributed by atoms with Gasteiger partial charge in [0.2, 0.25) is 0 Å². The Balaban J connectivity index is 2.15. The zero-order chi connectivity index (χ0) is 12.7. The van der Waals surface area contributed by atoms with Gasteiger partial charge in [0.05, 0.1) is 5.41 Å². The highest BCUT2D eigenvalue weighted by atomic mass is 16.4. The average Bonchev–Trinajstić information content (AvgIpc) is 2.29. The normalized spacial score (nSPS) is 11.4. The van der Waals surface area contributed by atoms with E-state index < -0.39 is 11.4 Å². The fourth-order valence-electron chi connectivity index (χ4n) is 1.42. The van der Waals surface area contributed by atoms with E-state index in [1.165, 1.54) is 5.56 Å². The van der Waals surface area contributed by atoms with Gasteiger partial charge in [0.25, 0.3) is 0 Å². The van der Waals surface area contributed by atoms with Crippen LogP contribution in [0.5, 0.6) is 0 Å². The maximum atomic E-state index is 10.9. The molecule has 0 aliphatic rings. The highest BCUT2D eigenvalue weighted by Gasteiger charge is 2.25. The van der Waals surface area contributed by atoms with E-state index in [1.54, 1.807) is 26.2 Å². The first-order valence-corrected chi connectivity index (χ1v) is 5.85. The average molecular weight is 236 g/mol. The fourth-order valence-corrected chi connectivity index (χ4v) is 1.42. The van der Waals surface area contributed by atoms with Gasteiger partial charge in [0.1, 0.15) is 0 Å². The Labute approximate surface area is 102 Å². The molecule has 1 heterocycles. The molecular formula is C13H20N2O2. The lowest BCUT2D eigenvalue weighted by atomic mass is 9.90. The van der Waals surface area contributed by atoms with Crippen molar-refractivity contribution in [3.63, 3.8) is 0 Å². The number of carbonyl (C=O) groups is 1. The van der Waals surface area contributed by atoms with Crippen molar-refractivity contribution in [2.24, 2.45) is 5.41 Å². The Kier molecular flexibility index (Phi) is 5.10. The number of hydrogen-bond donors (Lipinski definition) is 2. The third kappa shape index (κ3) is 4.95. The van der Waals surface area contributed by atoms with Crippen molar-refractivity contribution in [3.8, 4) is 0 Å². The van der Waals surface area contributed by atoms with E-state index in [2.05, 4.69) is 10.3 Å². The molecule has 0 saturated heterocycles. The SMILES string of the molecule is CC(C)(CCNCCc1ccncc1)C(=O)O. The third-order valence-electron chi connectivity index (χ3n) is 2.85. The van der Waals surface area contributed by atoms with Gasteiger partial charge in [-0.2, -0.15) is 0 Å². The van der Waals surface area contributed by atoms with Gasteiger partial charge in [0, 0.05) is 12.4 Å². The summed E-state index contributed by atoms with van der Waals surface area (Å²) < 4.78 is 0. The Bertz CT molecular complexity index is 350. The van der Waals surface area contributed by atoms with E-state index in [0.29, 0.717) is 6.42 Å². The third-order valence-corrected chi connectivity index (χ3v) is 2.85. The summed E-state index contributed by atoms with van der Waals surface area (Å²) in [4.78, 5) is 14.8. The topological polar surface area (TPSA) is 62.2 Å². The van der Waals surface area contributed by atoms with Crippen molar-refractivity contribution in [2.45, 2.75) is 26.7 Å². The standard InChI is InChI=1S/C13H20N2O2/c1-13(2,12(16)17)6-10-15-9-5-11-3-7-14-8-4-11/h3-4,7-8,15H,5-6,9-10H2,1-2H3,(H,16,17). The van der Waals surface area contributed by atoms with Crippen LogP contribution in [0.2, 0.25) is 0 Å². The quantitative estimate of drug-likeness (QED) is 0.708. The smallest absolute Gasteiger partial charge is 0.309 e. The molecule has 17 heavy (non-hydrogen) atoms. The van der Waals surface area contributed by atoms with Crippen molar-refractivity contribution < 1.29 is 9.90 Å². The zero-order valence-electron chi connectivity index (χ0n) is 10.4. The molecule has 4 nitrogen and oxygen atoms in total. The molecule has 0 unspecified atom stereocenters. The number of carboxylic acid groups (broad SMARTS) is 1. The van der Waals surface area contributed by atoms with Gasteiger partial charge in [-0.25, -0.2) is 0 Å². The van der Waals surface area contributed by atoms with E-state index in [4.69, 9.17) is 5.11 Å². The van der Waals surface area contributed by atoms with E-state index in [9.17, 15) is 4.79 Å². The zero-order valence-corrected chi connectivity index (χ0v) is 10.4. The maximum Gasteiger partial charge on any atom is 0.309 e. The Morgan fingerprint density at radius 1 is 1.35 bits per heavy atom. The van der Waals surface area contributed by atoms with E-state index >= 15 is 0 Å². The molecule has 0 bridgehead atoms. The summed E-state index contributed by atoms with van der Waals surface area (Å²) in [5, 5.41) is 12.2. The molecule has 0 radical (unpaired) electrons. The minimum absolute atomic E-state index is 0.638. The van der Waals surface area contributed by atoms with Gasteiger partial charge in [-0.15, -0.1) is 0 Å². The molecule has 0 saturated carbocycles. The second kappa shape index (κ2) is 6.35. The molecule has 4 heteroatoms. The summed E-state index contributed by atoms with van der Waals surface area (Å²) in [5.41, 5.74) is 0.592. The molecular weight excluding hydrogens is 216 g/mol. The number of nitrogens with zero attached hydrogens (tertiary/aromatic N) is 1. The van der Waals surface area contributed by atoms with Crippen LogP contribution in [0.4, 0.5) is 0 Å². The molecule has 94 valence electrons. The maximum absolute atomic E-state index is 10.9. The fraction of sp³-hybridized carbons (Fsp3) is 0.538. The molecule has 2 N–H and O–H groups in total. The van der Waals surface area contributed by atoms with Crippen molar-refractivity contribution in [2.75, 3.05) is 13.1 Å². The summed E-state index contributed by atoms with van der Waals surface area (Å²) in [6.45, 7) is 5.09. The molecule has 0 atom stereocenters. The molecule has 1 aromatic rings. The Hall–Kier alpha value is -1.42. The highest BCUT2D eigenvalue weighted by Crippen LogP contribution is 2.19. The predicted octanol–water partition coefficient (Wildman–Crippen LogP) is 1.71. The predicted molar refractivity (Wildman–Crippen MR) is 66.8 cm³/mol. The number of carboxylic acids is 1. The minimum Gasteiger partial charge on any atom is -0.481 e. The number of pyridine rings is 1. The van der Waals surface area contributed by atoms with Gasteiger partial charge in [-0.3, -0.25) is 9.78 Å². The molecule has 1 rings (SSSR count). The second-order valence-corrected chi connectivity index (χ2v) is 4.79. The highest BCUT2D eigenvalue weighted by molar-refractivity contribution is 5.73. The van der Waals surface area contributed by atoms with Crippen molar-refractivity contribution in [1.29, 1.82) is 0 Å². The first-order chi connectivity index (χ1) is 8.02. The van der Waals surface area contributed by atoms with E-state index in [-0.39, 0.29) is 0 Å². The van der Waals surface area contributed by atoms with Crippen LogP contribution in [0.25, 0.3) is 0 Å². The van der Waals surface area contributed by atoms with Gasteiger partial charge >= 0.3 is 5.97 Å². The molecule has 0 aliphatic heterocycles. The van der Waals surface area contributed by atoms with Crippen LogP contribution in [0.15, 0.2) is 24.5 Å². The number of rotatable bonds is 7. The van der Waals surface area contributed by atoms with E-state index in [1.807, 2.05) is 12.1 Å². The summed E-state index contributed by atoms with van der Waals surface area (Å²) in [5.74, 6) is -0.742. The number of hydrogen-bond acceptors (Lipinski definition) is 3. The van der Waals surface area contributed by atoms with Crippen LogP contribution in [0, 0.1) is 5.41 Å². The monoisotopic (exact) mass is 236 g/mol. The Morgan fingerprint density at radius 2 is 2.00 bits per heavy atom. The van der Waals surface area contributed by atoms with E-state index in [0.717, 1.165) is 19.5 Å². The van der Waals surface area contributed by atoms with Crippen molar-refractivity contribution >= 4 is 5.97 Å². The molecule has 0 amide bonds. The molecule has 0 aliphatic carbocycles. The van der Waals surface area contributed by atoms with Crippen LogP contribution < -0.4 is 5.32 Å². The lowest BCUT2D eigenvalue weighted by molar-refractivity contribution is -0.147. The van der Waals surface area contributed by atoms with Gasteiger partial charge in [0.15, 0.2) is 0 Å². The first-order valence-electron chi connectivity index (χ1n) is 5.85. The Morgan fingerprint density at radius 3 is 2.59 bits per heavy atom. The van der Waals surface area contributed by atoms with Gasteiger partial charge < -0.3 is 10.4 Å². The molecule has 0 aromatic carbocycles. The van der Waals surface area contributed by atoms with Crippen LogP contribution in [-0.4, -0.2) is 29.1 Å². The number of nitrogens with one attached hydrogen (secondary N) is 1. The van der Waals surface area contributed by atoms with Crippen LogP contribution in [0.1, 0.15) is 25.8 Å². The van der Waals surface area contributed by atoms with Crippen LogP contribution in [0.3, 0.4) is 0 Å². The molecule has 0 spiro atoms. The van der Waals surface area contributed by atoms with Crippen LogP contribution >= 0.6 is 0 Å². The molecule has 1 aromatic heterocycles. The van der Waals surface area contributed by atoms with Crippen molar-refractivity contribution in [3.05, 3.63) is 30.1 Å². The molecule has 0 fully saturated rings. The van der Waals surface area contributed by atoms with Crippen molar-refractivity contribution in [1.82, 2.24) is 10.3 Å². The van der Waals surface area contributed by atoms with Crippen LogP contribution in [-0.2, 0) is 11.2 Å². The largest absolute Gasteiger partial charge is 0.481 e. The summed E-state index contributed by atoms with van der Waals surface area (Å²) in [6.07, 6.45) is 5.14. The lowest BCUT2D eigenvalue weighted by Gasteiger charge is -2.18. The lowest BCUT2D eigenvalue weighted by Crippen LogP contribution is -2.29. The second-order valence-electron chi connectivity index (χ2n) is 4.79. The van der Waals surface area contributed by atoms with Gasteiger partial charge in [-0.05, 0) is 57.5 Å². The van der Waals surface area contributed by atoms with Gasteiger partial charge in [-0.1, -0.05) is 0 Å². The summed E-state index contributed by atoms with van der Waals surface area (Å²) in [7, 11) is 0. The first kappa shape index (κ1) is 13.6. The minimum atomic E-state index is -0.742. The summed E-state index contributed by atoms with van der Waals surface area (Å²) >= 11 is 0. The number of aliphatic carboxylic acids is 1. The number of aromatic nitrogens is 1.